The molecule has 1 unspecified atom stereocenters. The largest absolute Gasteiger partial charge is 0.477 e. The topological polar surface area (TPSA) is 86.7 Å². The van der Waals surface area contributed by atoms with Gasteiger partial charge in [0.05, 0.1) is 0 Å². The first-order valence-corrected chi connectivity index (χ1v) is 6.35. The van der Waals surface area contributed by atoms with Crippen LogP contribution in [0.2, 0.25) is 0 Å². The highest BCUT2D eigenvalue weighted by Gasteiger charge is 2.53. The molecule has 0 aliphatic carbocycles. The molecule has 17 heavy (non-hydrogen) atoms. The van der Waals surface area contributed by atoms with Crippen molar-refractivity contribution >= 4 is 41.6 Å². The molecule has 6 nitrogen and oxygen atoms in total. The predicted octanol–water partition coefficient (Wildman–Crippen LogP) is -0.406. The van der Waals surface area contributed by atoms with E-state index in [0.717, 1.165) is 0 Å². The van der Waals surface area contributed by atoms with E-state index in [4.69, 9.17) is 16.7 Å². The van der Waals surface area contributed by atoms with Gasteiger partial charge in [-0.15, -0.1) is 23.4 Å². The summed E-state index contributed by atoms with van der Waals surface area (Å²) in [7, 11) is 0. The second kappa shape index (κ2) is 4.58. The highest BCUT2D eigenvalue weighted by Crippen LogP contribution is 2.40. The van der Waals surface area contributed by atoms with Gasteiger partial charge in [0, 0.05) is 11.6 Å². The molecule has 2 atom stereocenters. The summed E-state index contributed by atoms with van der Waals surface area (Å²) in [5.41, 5.74) is 0.482. The van der Waals surface area contributed by atoms with Crippen molar-refractivity contribution < 1.29 is 19.5 Å². The van der Waals surface area contributed by atoms with Gasteiger partial charge in [0.2, 0.25) is 6.41 Å². The summed E-state index contributed by atoms with van der Waals surface area (Å²) in [5, 5.41) is 11.1. The number of aliphatic carboxylic acids is 1. The van der Waals surface area contributed by atoms with E-state index in [1.54, 1.807) is 0 Å². The Morgan fingerprint density at radius 2 is 2.41 bits per heavy atom. The van der Waals surface area contributed by atoms with Crippen LogP contribution in [-0.4, -0.2) is 51.3 Å². The molecule has 92 valence electrons. The van der Waals surface area contributed by atoms with Gasteiger partial charge in [-0.05, 0) is 5.57 Å². The number of halogens is 1. The number of nitrogens with zero attached hydrogens (tertiary/aromatic N) is 1. The Balaban J connectivity index is 2.29. The zero-order valence-electron chi connectivity index (χ0n) is 8.55. The molecule has 8 heteroatoms. The van der Waals surface area contributed by atoms with Gasteiger partial charge in [-0.3, -0.25) is 14.5 Å². The average molecular weight is 277 g/mol. The molecule has 0 bridgehead atoms. The van der Waals surface area contributed by atoms with E-state index in [1.165, 1.54) is 16.7 Å². The number of carbonyl (C=O) groups excluding carboxylic acids is 2. The van der Waals surface area contributed by atoms with Crippen LogP contribution in [0.4, 0.5) is 0 Å². The Bertz CT molecular complexity index is 425. The fourth-order valence-electron chi connectivity index (χ4n) is 1.88. The summed E-state index contributed by atoms with van der Waals surface area (Å²) in [6.45, 7) is 0. The SMILES string of the molecule is O=CNC1C(=O)N2C(C(=O)O)=C(CCl)CS[C@H]12. The molecule has 1 saturated heterocycles. The number of alkyl halides is 1. The second-order valence-corrected chi connectivity index (χ2v) is 4.94. The number of carboxylic acid groups (broad SMARTS) is 1. The first-order chi connectivity index (χ1) is 8.11. The fourth-order valence-corrected chi connectivity index (χ4v) is 3.57. The van der Waals surface area contributed by atoms with Crippen LogP contribution in [0.3, 0.4) is 0 Å². The zero-order valence-corrected chi connectivity index (χ0v) is 10.1. The predicted molar refractivity (Wildman–Crippen MR) is 61.5 cm³/mol. The van der Waals surface area contributed by atoms with Crippen LogP contribution in [0.15, 0.2) is 11.3 Å². The van der Waals surface area contributed by atoms with Crippen molar-refractivity contribution in [2.75, 3.05) is 11.6 Å². The summed E-state index contributed by atoms with van der Waals surface area (Å²) in [5.74, 6) is -1.04. The average Bonchev–Trinajstić information content (AvgIpc) is 2.33. The molecule has 0 spiro atoms. The molecule has 2 aliphatic heterocycles. The number of carboxylic acids is 1. The van der Waals surface area contributed by atoms with Crippen molar-refractivity contribution in [1.29, 1.82) is 0 Å². The minimum Gasteiger partial charge on any atom is -0.477 e. The fraction of sp³-hybridized carbons (Fsp3) is 0.444. The van der Waals surface area contributed by atoms with E-state index in [-0.39, 0.29) is 17.0 Å². The van der Waals surface area contributed by atoms with Crippen LogP contribution in [-0.2, 0) is 14.4 Å². The van der Waals surface area contributed by atoms with Crippen molar-refractivity contribution in [2.45, 2.75) is 11.4 Å². The van der Waals surface area contributed by atoms with E-state index in [0.29, 0.717) is 17.7 Å². The molecule has 0 aromatic heterocycles. The molecule has 2 amide bonds. The lowest BCUT2D eigenvalue weighted by Crippen LogP contribution is -2.69. The lowest BCUT2D eigenvalue weighted by atomic mass is 10.0. The van der Waals surface area contributed by atoms with Crippen molar-refractivity contribution in [3.8, 4) is 0 Å². The number of β-lactam (4-membered cyclic amide) rings is 1. The Morgan fingerprint density at radius 3 is 2.94 bits per heavy atom. The van der Waals surface area contributed by atoms with Crippen LogP contribution in [0, 0.1) is 0 Å². The summed E-state index contributed by atoms with van der Waals surface area (Å²) in [6.07, 6.45) is 0.446. The maximum Gasteiger partial charge on any atom is 0.352 e. The Labute approximate surface area is 106 Å². The monoisotopic (exact) mass is 276 g/mol. The van der Waals surface area contributed by atoms with Crippen molar-refractivity contribution in [1.82, 2.24) is 10.2 Å². The molecule has 0 radical (unpaired) electrons. The van der Waals surface area contributed by atoms with Gasteiger partial charge in [0.25, 0.3) is 5.91 Å². The second-order valence-electron chi connectivity index (χ2n) is 3.56. The maximum absolute atomic E-state index is 11.7. The summed E-state index contributed by atoms with van der Waals surface area (Å²) >= 11 is 7.05. The number of nitrogens with one attached hydrogen (secondary N) is 1. The molecule has 1 fully saturated rings. The van der Waals surface area contributed by atoms with Gasteiger partial charge in [0.1, 0.15) is 17.1 Å². The van der Waals surface area contributed by atoms with Gasteiger partial charge in [-0.2, -0.15) is 0 Å². The number of rotatable bonds is 4. The smallest absolute Gasteiger partial charge is 0.352 e. The summed E-state index contributed by atoms with van der Waals surface area (Å²) < 4.78 is 0. The molecule has 2 aliphatic rings. The number of carbonyl (C=O) groups is 3. The minimum absolute atomic E-state index is 0.0438. The molecule has 0 aromatic carbocycles. The molecule has 2 heterocycles. The van der Waals surface area contributed by atoms with Gasteiger partial charge in [0.15, 0.2) is 0 Å². The maximum atomic E-state index is 11.7. The third-order valence-electron chi connectivity index (χ3n) is 2.66. The van der Waals surface area contributed by atoms with Crippen LogP contribution >= 0.6 is 23.4 Å². The van der Waals surface area contributed by atoms with E-state index >= 15 is 0 Å². The molecular weight excluding hydrogens is 268 g/mol. The van der Waals surface area contributed by atoms with Gasteiger partial charge >= 0.3 is 5.97 Å². The third kappa shape index (κ3) is 1.79. The van der Waals surface area contributed by atoms with Crippen LogP contribution in [0.25, 0.3) is 0 Å². The van der Waals surface area contributed by atoms with Gasteiger partial charge in [-0.1, -0.05) is 0 Å². The summed E-state index contributed by atoms with van der Waals surface area (Å²) in [4.78, 5) is 34.3. The lowest BCUT2D eigenvalue weighted by Gasteiger charge is -2.48. The molecule has 0 aromatic rings. The van der Waals surface area contributed by atoms with Gasteiger partial charge in [-0.25, -0.2) is 4.79 Å². The summed E-state index contributed by atoms with van der Waals surface area (Å²) in [6, 6.07) is -0.635. The Morgan fingerprint density at radius 1 is 1.71 bits per heavy atom. The van der Waals surface area contributed by atoms with Crippen molar-refractivity contribution in [3.05, 3.63) is 11.3 Å². The number of hydrogen-bond donors (Lipinski definition) is 2. The third-order valence-corrected chi connectivity index (χ3v) is 4.32. The Hall–Kier alpha value is -1.21. The van der Waals surface area contributed by atoms with Crippen LogP contribution in [0.5, 0.6) is 0 Å². The first-order valence-electron chi connectivity index (χ1n) is 4.77. The quantitative estimate of drug-likeness (QED) is 0.414. The normalized spacial score (nSPS) is 27.4. The van der Waals surface area contributed by atoms with Crippen LogP contribution in [0.1, 0.15) is 0 Å². The lowest BCUT2D eigenvalue weighted by molar-refractivity contribution is -0.149. The minimum atomic E-state index is -1.16. The Kier molecular flexibility index (Phi) is 3.30. The first kappa shape index (κ1) is 12.3. The van der Waals surface area contributed by atoms with E-state index < -0.39 is 17.9 Å². The van der Waals surface area contributed by atoms with Crippen LogP contribution < -0.4 is 5.32 Å². The highest BCUT2D eigenvalue weighted by molar-refractivity contribution is 8.00. The van der Waals surface area contributed by atoms with Crippen molar-refractivity contribution in [2.24, 2.45) is 0 Å². The molecule has 2 N–H and O–H groups in total. The molecule has 2 rings (SSSR count). The van der Waals surface area contributed by atoms with E-state index in [9.17, 15) is 14.4 Å². The number of fused-ring (bicyclic) bond motifs is 1. The van der Waals surface area contributed by atoms with Crippen molar-refractivity contribution in [3.63, 3.8) is 0 Å². The number of thioether (sulfide) groups is 1. The molecule has 0 saturated carbocycles. The van der Waals surface area contributed by atoms with Gasteiger partial charge < -0.3 is 10.4 Å². The standard InChI is InChI=1S/C9H9ClN2O4S/c10-1-4-2-17-8-5(11-3-13)7(14)12(8)6(4)9(15)16/h3,5,8H,1-2H2,(H,11,13)(H,15,16)/t5?,8-/m1/s1. The van der Waals surface area contributed by atoms with E-state index in [1.807, 2.05) is 0 Å². The zero-order chi connectivity index (χ0) is 12.6. The number of hydrogen-bond acceptors (Lipinski definition) is 4. The molecular formula is C9H9ClN2O4S. The number of amides is 2. The van der Waals surface area contributed by atoms with E-state index in [2.05, 4.69) is 5.32 Å². The highest BCUT2D eigenvalue weighted by atomic mass is 35.5.